The Morgan fingerprint density at radius 2 is 0.969 bits per heavy atom. The molecule has 3 aromatic carbocycles. The van der Waals surface area contributed by atoms with Gasteiger partial charge >= 0.3 is 12.2 Å². The molecule has 6 amide bonds. The lowest BCUT2D eigenvalue weighted by atomic mass is 10.0. The summed E-state index contributed by atoms with van der Waals surface area (Å²) < 4.78 is 34.3. The average Bonchev–Trinajstić information content (AvgIpc) is 4.11. The van der Waals surface area contributed by atoms with Gasteiger partial charge in [-0.1, -0.05) is 24.3 Å². The molecule has 6 rings (SSSR count). The van der Waals surface area contributed by atoms with E-state index in [0.717, 1.165) is 29.7 Å². The zero-order valence-corrected chi connectivity index (χ0v) is 37.0. The minimum absolute atomic E-state index is 0.103. The summed E-state index contributed by atoms with van der Waals surface area (Å²) >= 11 is 0. The number of nitrogens with zero attached hydrogens (tertiary/aromatic N) is 3. The van der Waals surface area contributed by atoms with Crippen LogP contribution in [0.3, 0.4) is 0 Å². The molecule has 0 spiro atoms. The fourth-order valence-corrected chi connectivity index (χ4v) is 8.83. The Kier molecular flexibility index (Phi) is 15.8. The van der Waals surface area contributed by atoms with Gasteiger partial charge in [0.2, 0.25) is 23.6 Å². The maximum atomic E-state index is 14.2. The fraction of sp³-hybridized carbons (Fsp3) is 0.478. The maximum absolute atomic E-state index is 14.2. The van der Waals surface area contributed by atoms with E-state index in [1.54, 1.807) is 26.0 Å². The van der Waals surface area contributed by atoms with E-state index in [2.05, 4.69) is 26.2 Å². The molecular formula is C46H58FN7O10. The van der Waals surface area contributed by atoms with E-state index in [4.69, 9.17) is 18.9 Å². The molecule has 0 saturated carbocycles. The fourth-order valence-electron chi connectivity index (χ4n) is 8.83. The van der Waals surface area contributed by atoms with E-state index in [-0.39, 0.29) is 29.7 Å². The van der Waals surface area contributed by atoms with Crippen molar-refractivity contribution in [1.29, 1.82) is 0 Å². The largest absolute Gasteiger partial charge is 0.453 e. The standard InChI is InChI=1S/C46H58FN7O10/c1-27(61-3)39(50-45(59)63-5)43(57)52-25-7-9-37(52)41(55)48-32-17-11-29(12-18-32)35-23-24-36(54(35)34-21-15-31(47)16-22-34)30-13-19-33(20-14-30)49-42(56)38-10-8-26-53(38)44(58)40(28(2)62-4)51-46(60)64-6/h11-22,27-28,35-40H,7-10,23-26H2,1-6H3,(H,48,55)(H,49,56)(H,50,59)(H,51,60)/t27-,28-,35-,36-,37+,38+,39+,40?/m1/s1. The number of rotatable bonds is 15. The summed E-state index contributed by atoms with van der Waals surface area (Å²) in [7, 11) is 5.27. The van der Waals surface area contributed by atoms with Gasteiger partial charge in [-0.15, -0.1) is 0 Å². The van der Waals surface area contributed by atoms with Gasteiger partial charge in [-0.05, 0) is 112 Å². The third kappa shape index (κ3) is 10.7. The lowest BCUT2D eigenvalue weighted by Gasteiger charge is -2.33. The first-order chi connectivity index (χ1) is 30.8. The van der Waals surface area contributed by atoms with Crippen LogP contribution < -0.4 is 26.2 Å². The summed E-state index contributed by atoms with van der Waals surface area (Å²) in [5.41, 5.74) is 3.89. The van der Waals surface area contributed by atoms with Gasteiger partial charge in [0.15, 0.2) is 0 Å². The molecule has 4 N–H and O–H groups in total. The first-order valence-electron chi connectivity index (χ1n) is 21.5. The second-order valence-corrected chi connectivity index (χ2v) is 16.2. The van der Waals surface area contributed by atoms with Crippen molar-refractivity contribution >= 4 is 52.9 Å². The minimum atomic E-state index is -1.04. The van der Waals surface area contributed by atoms with Gasteiger partial charge in [-0.3, -0.25) is 19.2 Å². The number of ether oxygens (including phenoxy) is 4. The highest BCUT2D eigenvalue weighted by Gasteiger charge is 2.42. The number of amides is 6. The van der Waals surface area contributed by atoms with Crippen LogP contribution in [0.5, 0.6) is 0 Å². The van der Waals surface area contributed by atoms with E-state index in [1.807, 2.05) is 48.5 Å². The summed E-state index contributed by atoms with van der Waals surface area (Å²) in [4.78, 5) is 83.7. The maximum Gasteiger partial charge on any atom is 0.407 e. The van der Waals surface area contributed by atoms with E-state index >= 15 is 0 Å². The lowest BCUT2D eigenvalue weighted by molar-refractivity contribution is -0.141. The molecular weight excluding hydrogens is 830 g/mol. The van der Waals surface area contributed by atoms with Crippen molar-refractivity contribution < 1.29 is 52.1 Å². The molecule has 3 aliphatic rings. The molecule has 0 aromatic heterocycles. The normalized spacial score (nSPS) is 21.3. The molecule has 8 atom stereocenters. The molecule has 0 radical (unpaired) electrons. The highest BCUT2D eigenvalue weighted by molar-refractivity contribution is 6.00. The van der Waals surface area contributed by atoms with E-state index in [1.165, 1.54) is 50.4 Å². The summed E-state index contributed by atoms with van der Waals surface area (Å²) in [5.74, 6) is -1.92. The van der Waals surface area contributed by atoms with Crippen molar-refractivity contribution in [2.24, 2.45) is 0 Å². The van der Waals surface area contributed by atoms with Crippen molar-refractivity contribution in [2.75, 3.05) is 57.1 Å². The summed E-state index contributed by atoms with van der Waals surface area (Å²) in [6, 6.07) is 17.7. The second kappa shape index (κ2) is 21.4. The quantitative estimate of drug-likeness (QED) is 0.155. The highest BCUT2D eigenvalue weighted by atomic mass is 19.1. The predicted octanol–water partition coefficient (Wildman–Crippen LogP) is 5.29. The van der Waals surface area contributed by atoms with Gasteiger partial charge in [0.25, 0.3) is 0 Å². The number of methoxy groups -OCH3 is 4. The van der Waals surface area contributed by atoms with Crippen molar-refractivity contribution in [3.8, 4) is 0 Å². The summed E-state index contributed by atoms with van der Waals surface area (Å²) in [5, 5.41) is 11.0. The molecule has 18 heteroatoms. The van der Waals surface area contributed by atoms with Gasteiger partial charge in [-0.25, -0.2) is 14.0 Å². The molecule has 344 valence electrons. The SMILES string of the molecule is COC(=O)NC(C(=O)N1CCC[C@H]1C(=O)Nc1ccc([C@H]2CC[C@H](c3ccc(NC(=O)[C@@H]4CCCN4C(=O)[C@@H](NC(=O)OC)[C@@H](C)OC)cc3)N2c2ccc(F)cc2)cc1)[C@@H](C)OC. The average molecular weight is 888 g/mol. The van der Waals surface area contributed by atoms with Crippen LogP contribution in [0, 0.1) is 5.82 Å². The predicted molar refractivity (Wildman–Crippen MR) is 235 cm³/mol. The van der Waals surface area contributed by atoms with E-state index in [9.17, 15) is 33.2 Å². The van der Waals surface area contributed by atoms with Gasteiger partial charge in [0.05, 0.1) is 38.5 Å². The van der Waals surface area contributed by atoms with Crippen LogP contribution in [0.15, 0.2) is 72.8 Å². The first-order valence-corrected chi connectivity index (χ1v) is 21.5. The Hall–Kier alpha value is -6.27. The molecule has 3 fully saturated rings. The summed E-state index contributed by atoms with van der Waals surface area (Å²) in [6.07, 6.45) is 0.785. The van der Waals surface area contributed by atoms with E-state index < -0.39 is 60.4 Å². The summed E-state index contributed by atoms with van der Waals surface area (Å²) in [6.45, 7) is 4.00. The molecule has 1 unspecified atom stereocenters. The van der Waals surface area contributed by atoms with Gasteiger partial charge in [0.1, 0.15) is 30.0 Å². The van der Waals surface area contributed by atoms with Gasteiger partial charge in [0, 0.05) is 44.4 Å². The van der Waals surface area contributed by atoms with Crippen molar-refractivity contribution in [2.45, 2.75) is 101 Å². The van der Waals surface area contributed by atoms with Crippen LogP contribution in [0.1, 0.15) is 75.6 Å². The van der Waals surface area contributed by atoms with Crippen LogP contribution >= 0.6 is 0 Å². The van der Waals surface area contributed by atoms with Crippen LogP contribution in [-0.4, -0.2) is 124 Å². The topological polar surface area (TPSA) is 197 Å². The Morgan fingerprint density at radius 1 is 0.578 bits per heavy atom. The zero-order chi connectivity index (χ0) is 46.1. The van der Waals surface area contributed by atoms with Gasteiger partial charge in [-0.2, -0.15) is 0 Å². The van der Waals surface area contributed by atoms with Crippen molar-refractivity contribution in [3.05, 3.63) is 89.7 Å². The number of benzene rings is 3. The number of nitrogens with one attached hydrogen (secondary N) is 4. The number of likely N-dealkylation sites (tertiary alicyclic amines) is 2. The number of carbonyl (C=O) groups excluding carboxylic acids is 6. The zero-order valence-electron chi connectivity index (χ0n) is 37.0. The number of halogens is 1. The Bertz CT molecular complexity index is 2000. The van der Waals surface area contributed by atoms with Crippen molar-refractivity contribution in [3.63, 3.8) is 0 Å². The molecule has 64 heavy (non-hydrogen) atoms. The molecule has 3 saturated heterocycles. The second-order valence-electron chi connectivity index (χ2n) is 16.2. The highest BCUT2D eigenvalue weighted by Crippen LogP contribution is 2.47. The Balaban J connectivity index is 1.14. The third-order valence-corrected chi connectivity index (χ3v) is 12.4. The van der Waals surface area contributed by atoms with E-state index in [0.29, 0.717) is 50.1 Å². The Labute approximate surface area is 372 Å². The monoisotopic (exact) mass is 887 g/mol. The number of hydrogen-bond acceptors (Lipinski definition) is 11. The smallest absolute Gasteiger partial charge is 0.407 e. The Morgan fingerprint density at radius 3 is 1.33 bits per heavy atom. The number of alkyl carbamates (subject to hydrolysis) is 2. The van der Waals surface area contributed by atoms with Crippen LogP contribution in [0.2, 0.25) is 0 Å². The van der Waals surface area contributed by atoms with Crippen LogP contribution in [0.25, 0.3) is 0 Å². The number of hydrogen-bond donors (Lipinski definition) is 4. The van der Waals surface area contributed by atoms with Crippen LogP contribution in [-0.2, 0) is 38.1 Å². The third-order valence-electron chi connectivity index (χ3n) is 12.4. The first kappa shape index (κ1) is 47.2. The van der Waals surface area contributed by atoms with Crippen LogP contribution in [0.4, 0.5) is 31.0 Å². The molecule has 3 aromatic rings. The molecule has 17 nitrogen and oxygen atoms in total. The minimum Gasteiger partial charge on any atom is -0.453 e. The number of carbonyl (C=O) groups is 6. The molecule has 0 bridgehead atoms. The molecule has 3 aliphatic heterocycles. The lowest BCUT2D eigenvalue weighted by Crippen LogP contribution is -2.56. The molecule has 0 aliphatic carbocycles. The van der Waals surface area contributed by atoms with Gasteiger partial charge < -0.3 is 54.9 Å². The number of anilines is 3. The molecule has 3 heterocycles. The van der Waals surface area contributed by atoms with Crippen molar-refractivity contribution in [1.82, 2.24) is 20.4 Å².